The second-order valence-electron chi connectivity index (χ2n) is 7.86. The number of carbonyl (C=O) groups is 1. The van der Waals surface area contributed by atoms with Crippen LogP contribution in [0.15, 0.2) is 41.8 Å². The van der Waals surface area contributed by atoms with Crippen LogP contribution >= 0.6 is 11.3 Å². The van der Waals surface area contributed by atoms with Crippen molar-refractivity contribution in [1.29, 1.82) is 0 Å². The van der Waals surface area contributed by atoms with E-state index in [-0.39, 0.29) is 23.5 Å². The summed E-state index contributed by atoms with van der Waals surface area (Å²) in [5.41, 5.74) is 0.561. The molecule has 5 nitrogen and oxygen atoms in total. The van der Waals surface area contributed by atoms with Gasteiger partial charge < -0.3 is 9.64 Å². The van der Waals surface area contributed by atoms with Gasteiger partial charge in [-0.05, 0) is 48.6 Å². The summed E-state index contributed by atoms with van der Waals surface area (Å²) in [4.78, 5) is 16.0. The Morgan fingerprint density at radius 3 is 2.53 bits per heavy atom. The normalized spacial score (nSPS) is 17.7. The van der Waals surface area contributed by atoms with Crippen molar-refractivity contribution >= 4 is 27.1 Å². The molecule has 3 rings (SSSR count). The van der Waals surface area contributed by atoms with E-state index in [1.807, 2.05) is 29.6 Å². The summed E-state index contributed by atoms with van der Waals surface area (Å²) in [5, 5.41) is 1.97. The number of thiophene rings is 1. The van der Waals surface area contributed by atoms with Crippen LogP contribution in [0.5, 0.6) is 5.75 Å². The van der Waals surface area contributed by atoms with Gasteiger partial charge in [0.15, 0.2) is 9.84 Å². The number of hydrogen-bond acceptors (Lipinski definition) is 5. The molecule has 0 spiro atoms. The van der Waals surface area contributed by atoms with Crippen molar-refractivity contribution in [2.45, 2.75) is 58.0 Å². The van der Waals surface area contributed by atoms with Gasteiger partial charge in [-0.1, -0.05) is 38.7 Å². The van der Waals surface area contributed by atoms with Gasteiger partial charge in [0, 0.05) is 16.5 Å². The molecule has 1 aliphatic heterocycles. The Bertz CT molecular complexity index is 892. The van der Waals surface area contributed by atoms with Crippen LogP contribution in [-0.2, 0) is 16.4 Å². The third kappa shape index (κ3) is 6.57. The minimum Gasteiger partial charge on any atom is -0.494 e. The molecule has 0 radical (unpaired) electrons. The lowest BCUT2D eigenvalue weighted by atomic mass is 10.1. The largest absolute Gasteiger partial charge is 0.494 e. The van der Waals surface area contributed by atoms with Gasteiger partial charge in [-0.2, -0.15) is 0 Å². The predicted octanol–water partition coefficient (Wildman–Crippen LogP) is 4.93. The van der Waals surface area contributed by atoms with Gasteiger partial charge in [0.05, 0.1) is 24.7 Å². The Kier molecular flexibility index (Phi) is 8.33. The number of carbonyl (C=O) groups excluding carboxylic acids is 1. The number of rotatable bonds is 11. The fraction of sp³-hybridized carbons (Fsp3) is 0.522. The monoisotopic (exact) mass is 449 g/mol. The number of amides is 1. The highest BCUT2D eigenvalue weighted by atomic mass is 32.2. The molecule has 0 saturated carbocycles. The zero-order valence-electron chi connectivity index (χ0n) is 17.6. The first kappa shape index (κ1) is 22.8. The fourth-order valence-corrected chi connectivity index (χ4v) is 6.15. The van der Waals surface area contributed by atoms with E-state index in [4.69, 9.17) is 4.74 Å². The van der Waals surface area contributed by atoms with Crippen LogP contribution in [-0.4, -0.2) is 43.4 Å². The number of unbranched alkanes of at least 4 members (excludes halogenated alkanes) is 4. The van der Waals surface area contributed by atoms with Crippen LogP contribution in [0, 0.1) is 0 Å². The molecule has 1 amide bonds. The molecule has 164 valence electrons. The van der Waals surface area contributed by atoms with Gasteiger partial charge in [-0.15, -0.1) is 11.3 Å². The van der Waals surface area contributed by atoms with Crippen molar-refractivity contribution in [1.82, 2.24) is 4.90 Å². The molecule has 0 unspecified atom stereocenters. The SMILES string of the molecule is CCCCCCCOc1ccc(C(=O)N(Cc2cccs2)[C@H]2CCS(=O)(=O)C2)cc1. The molecule has 1 aromatic heterocycles. The Morgan fingerprint density at radius 2 is 1.90 bits per heavy atom. The summed E-state index contributed by atoms with van der Waals surface area (Å²) in [6.45, 7) is 3.32. The zero-order chi connectivity index (χ0) is 21.4. The molecule has 30 heavy (non-hydrogen) atoms. The van der Waals surface area contributed by atoms with E-state index in [1.165, 1.54) is 25.7 Å². The molecule has 2 heterocycles. The van der Waals surface area contributed by atoms with Gasteiger partial charge in [0.25, 0.3) is 5.91 Å². The Balaban J connectivity index is 1.62. The maximum absolute atomic E-state index is 13.2. The van der Waals surface area contributed by atoms with Gasteiger partial charge in [-0.25, -0.2) is 8.42 Å². The molecular formula is C23H31NO4S2. The van der Waals surface area contributed by atoms with E-state index in [0.717, 1.165) is 17.0 Å². The lowest BCUT2D eigenvalue weighted by molar-refractivity contribution is 0.0683. The maximum atomic E-state index is 13.2. The molecule has 0 N–H and O–H groups in total. The number of nitrogens with zero attached hydrogens (tertiary/aromatic N) is 1. The smallest absolute Gasteiger partial charge is 0.254 e. The lowest BCUT2D eigenvalue weighted by Crippen LogP contribution is -2.40. The number of sulfone groups is 1. The van der Waals surface area contributed by atoms with Gasteiger partial charge in [0.2, 0.25) is 0 Å². The summed E-state index contributed by atoms with van der Waals surface area (Å²) in [6, 6.07) is 10.9. The third-order valence-electron chi connectivity index (χ3n) is 5.43. The average Bonchev–Trinajstić information content (AvgIpc) is 3.38. The topological polar surface area (TPSA) is 63.7 Å². The van der Waals surface area contributed by atoms with Crippen LogP contribution in [0.3, 0.4) is 0 Å². The minimum absolute atomic E-state index is 0.0450. The Morgan fingerprint density at radius 1 is 1.13 bits per heavy atom. The number of ether oxygens (including phenoxy) is 1. The Hall–Kier alpha value is -1.86. The first-order valence-electron chi connectivity index (χ1n) is 10.7. The molecule has 1 aromatic carbocycles. The molecule has 1 atom stereocenters. The van der Waals surface area contributed by atoms with Crippen molar-refractivity contribution in [3.63, 3.8) is 0 Å². The third-order valence-corrected chi connectivity index (χ3v) is 8.05. The predicted molar refractivity (Wildman–Crippen MR) is 122 cm³/mol. The van der Waals surface area contributed by atoms with E-state index < -0.39 is 9.84 Å². The Labute approximate surface area is 184 Å². The lowest BCUT2D eigenvalue weighted by Gasteiger charge is -2.28. The molecule has 7 heteroatoms. The number of benzene rings is 1. The van der Waals surface area contributed by atoms with Crippen molar-refractivity contribution in [3.8, 4) is 5.75 Å². The molecule has 1 aliphatic rings. The minimum atomic E-state index is -3.07. The highest BCUT2D eigenvalue weighted by Crippen LogP contribution is 2.24. The molecule has 0 aliphatic carbocycles. The summed E-state index contributed by atoms with van der Waals surface area (Å²) in [5.74, 6) is 0.826. The summed E-state index contributed by atoms with van der Waals surface area (Å²) in [6.07, 6.45) is 6.44. The van der Waals surface area contributed by atoms with Crippen LogP contribution in [0.1, 0.15) is 60.7 Å². The van der Waals surface area contributed by atoms with Crippen molar-refractivity contribution in [3.05, 3.63) is 52.2 Å². The second kappa shape index (κ2) is 11.0. The van der Waals surface area contributed by atoms with Crippen LogP contribution < -0.4 is 4.74 Å². The van der Waals surface area contributed by atoms with Gasteiger partial charge in [0.1, 0.15) is 5.75 Å². The maximum Gasteiger partial charge on any atom is 0.254 e. The summed E-state index contributed by atoms with van der Waals surface area (Å²) < 4.78 is 29.8. The molecule has 2 aromatic rings. The first-order valence-corrected chi connectivity index (χ1v) is 13.5. The van der Waals surface area contributed by atoms with Crippen molar-refractivity contribution in [2.75, 3.05) is 18.1 Å². The van der Waals surface area contributed by atoms with E-state index >= 15 is 0 Å². The molecule has 1 fully saturated rings. The summed E-state index contributed by atoms with van der Waals surface area (Å²) >= 11 is 1.58. The van der Waals surface area contributed by atoms with E-state index in [2.05, 4.69) is 6.92 Å². The van der Waals surface area contributed by atoms with Crippen LogP contribution in [0.25, 0.3) is 0 Å². The second-order valence-corrected chi connectivity index (χ2v) is 11.1. The number of hydrogen-bond donors (Lipinski definition) is 0. The average molecular weight is 450 g/mol. The molecule has 1 saturated heterocycles. The highest BCUT2D eigenvalue weighted by molar-refractivity contribution is 7.91. The zero-order valence-corrected chi connectivity index (χ0v) is 19.2. The fourth-order valence-electron chi connectivity index (χ4n) is 3.71. The van der Waals surface area contributed by atoms with E-state index in [9.17, 15) is 13.2 Å². The van der Waals surface area contributed by atoms with Crippen LogP contribution in [0.4, 0.5) is 0 Å². The van der Waals surface area contributed by atoms with E-state index in [1.54, 1.807) is 28.4 Å². The molecule has 0 bridgehead atoms. The first-order chi connectivity index (χ1) is 14.5. The highest BCUT2D eigenvalue weighted by Gasteiger charge is 2.35. The molecular weight excluding hydrogens is 418 g/mol. The van der Waals surface area contributed by atoms with E-state index in [0.29, 0.717) is 25.1 Å². The standard InChI is InChI=1S/C23H31NO4S2/c1-2-3-4-5-6-14-28-21-11-9-19(10-12-21)23(25)24(17-22-8-7-15-29-22)20-13-16-30(26,27)18-20/h7-12,15,20H,2-6,13-14,16-18H2,1H3/t20-/m0/s1. The quantitative estimate of drug-likeness (QED) is 0.457. The van der Waals surface area contributed by atoms with Crippen LogP contribution in [0.2, 0.25) is 0 Å². The van der Waals surface area contributed by atoms with Gasteiger partial charge in [-0.3, -0.25) is 4.79 Å². The van der Waals surface area contributed by atoms with Crippen molar-refractivity contribution < 1.29 is 17.9 Å². The van der Waals surface area contributed by atoms with Crippen molar-refractivity contribution in [2.24, 2.45) is 0 Å². The summed E-state index contributed by atoms with van der Waals surface area (Å²) in [7, 11) is -3.07. The van der Waals surface area contributed by atoms with Gasteiger partial charge >= 0.3 is 0 Å².